The molecule has 2 aromatic rings. The first-order chi connectivity index (χ1) is 7.70. The van der Waals surface area contributed by atoms with Crippen molar-refractivity contribution in [3.8, 4) is 6.07 Å². The number of furan rings is 1. The average molecular weight is 230 g/mol. The highest BCUT2D eigenvalue weighted by Gasteiger charge is 2.08. The number of benzene rings is 1. The molecule has 0 saturated carbocycles. The molecule has 0 amide bonds. The zero-order valence-electron chi connectivity index (χ0n) is 8.73. The number of nitrogen functional groups attached to an aromatic ring is 1. The van der Waals surface area contributed by atoms with Gasteiger partial charge < -0.3 is 10.2 Å². The molecule has 0 unspecified atom stereocenters. The van der Waals surface area contributed by atoms with Gasteiger partial charge in [0.2, 0.25) is 0 Å². The molecule has 1 aromatic heterocycles. The van der Waals surface area contributed by atoms with E-state index in [1.165, 1.54) is 11.8 Å². The maximum atomic E-state index is 9.00. The minimum absolute atomic E-state index is 0.589. The fourth-order valence-electron chi connectivity index (χ4n) is 1.32. The summed E-state index contributed by atoms with van der Waals surface area (Å²) in [6.45, 7) is 1.89. The Kier molecular flexibility index (Phi) is 2.88. The van der Waals surface area contributed by atoms with Crippen LogP contribution in [0, 0.1) is 18.3 Å². The van der Waals surface area contributed by atoms with Crippen LogP contribution in [0.15, 0.2) is 44.7 Å². The van der Waals surface area contributed by atoms with E-state index in [0.29, 0.717) is 11.3 Å². The lowest BCUT2D eigenvalue weighted by Crippen LogP contribution is -1.87. The summed E-state index contributed by atoms with van der Waals surface area (Å²) in [6, 6.07) is 9.34. The van der Waals surface area contributed by atoms with Crippen LogP contribution < -0.4 is 5.73 Å². The Balaban J connectivity index is 2.36. The van der Waals surface area contributed by atoms with Crippen LogP contribution in [0.25, 0.3) is 0 Å². The molecular weight excluding hydrogens is 220 g/mol. The van der Waals surface area contributed by atoms with Crippen molar-refractivity contribution in [3.63, 3.8) is 0 Å². The van der Waals surface area contributed by atoms with Crippen molar-refractivity contribution in [3.05, 3.63) is 41.9 Å². The summed E-state index contributed by atoms with van der Waals surface area (Å²) < 4.78 is 5.21. The van der Waals surface area contributed by atoms with E-state index in [-0.39, 0.29) is 0 Å². The first-order valence-electron chi connectivity index (χ1n) is 4.72. The maximum Gasteiger partial charge on any atom is 0.114 e. The fourth-order valence-corrected chi connectivity index (χ4v) is 2.22. The molecule has 0 aliphatic heterocycles. The number of nitrogens with zero attached hydrogens (tertiary/aromatic N) is 1. The van der Waals surface area contributed by atoms with E-state index in [1.54, 1.807) is 18.4 Å². The van der Waals surface area contributed by atoms with E-state index in [0.717, 1.165) is 15.6 Å². The van der Waals surface area contributed by atoms with Crippen molar-refractivity contribution in [1.29, 1.82) is 5.26 Å². The highest BCUT2D eigenvalue weighted by Crippen LogP contribution is 2.33. The van der Waals surface area contributed by atoms with Crippen LogP contribution in [0.3, 0.4) is 0 Å². The van der Waals surface area contributed by atoms with Crippen molar-refractivity contribution in [1.82, 2.24) is 0 Å². The molecule has 80 valence electrons. The molecule has 0 aliphatic rings. The number of rotatable bonds is 2. The lowest BCUT2D eigenvalue weighted by molar-refractivity contribution is 0.527. The van der Waals surface area contributed by atoms with Gasteiger partial charge in [-0.1, -0.05) is 11.8 Å². The van der Waals surface area contributed by atoms with Gasteiger partial charge in [-0.05, 0) is 31.2 Å². The first kappa shape index (κ1) is 10.7. The highest BCUT2D eigenvalue weighted by molar-refractivity contribution is 7.99. The van der Waals surface area contributed by atoms with Crippen molar-refractivity contribution >= 4 is 17.4 Å². The molecule has 0 spiro atoms. The van der Waals surface area contributed by atoms with Gasteiger partial charge in [0, 0.05) is 10.6 Å². The fraction of sp³-hybridized carbons (Fsp3) is 0.0833. The van der Waals surface area contributed by atoms with Gasteiger partial charge >= 0.3 is 0 Å². The Bertz CT molecular complexity index is 554. The topological polar surface area (TPSA) is 62.9 Å². The lowest BCUT2D eigenvalue weighted by atomic mass is 10.2. The molecule has 2 rings (SSSR count). The molecule has 1 aromatic carbocycles. The molecular formula is C12H10N2OS. The number of hydrogen-bond donors (Lipinski definition) is 1. The number of anilines is 1. The van der Waals surface area contributed by atoms with E-state index in [9.17, 15) is 0 Å². The molecule has 1 heterocycles. The van der Waals surface area contributed by atoms with Crippen molar-refractivity contribution in [2.24, 2.45) is 0 Å². The van der Waals surface area contributed by atoms with Gasteiger partial charge in [-0.2, -0.15) is 5.26 Å². The Morgan fingerprint density at radius 1 is 1.31 bits per heavy atom. The SMILES string of the molecule is Cc1occc1Sc1ccc(N)cc1C#N. The second-order valence-electron chi connectivity index (χ2n) is 3.31. The van der Waals surface area contributed by atoms with Crippen LogP contribution in [-0.2, 0) is 0 Å². The van der Waals surface area contributed by atoms with Crippen LogP contribution in [0.2, 0.25) is 0 Å². The Morgan fingerprint density at radius 2 is 2.12 bits per heavy atom. The van der Waals surface area contributed by atoms with Gasteiger partial charge in [-0.15, -0.1) is 0 Å². The lowest BCUT2D eigenvalue weighted by Gasteiger charge is -2.03. The monoisotopic (exact) mass is 230 g/mol. The molecule has 0 aliphatic carbocycles. The van der Waals surface area contributed by atoms with Gasteiger partial charge in [0.05, 0.1) is 16.7 Å². The first-order valence-corrected chi connectivity index (χ1v) is 5.54. The molecule has 0 fully saturated rings. The van der Waals surface area contributed by atoms with Crippen LogP contribution in [-0.4, -0.2) is 0 Å². The summed E-state index contributed by atoms with van der Waals surface area (Å²) >= 11 is 1.51. The number of nitrogens with two attached hydrogens (primary N) is 1. The standard InChI is InChI=1S/C12H10N2OS/c1-8-11(4-5-15-8)16-12-3-2-10(14)6-9(12)7-13/h2-6H,14H2,1H3. The van der Waals surface area contributed by atoms with E-state index < -0.39 is 0 Å². The van der Waals surface area contributed by atoms with E-state index in [4.69, 9.17) is 15.4 Å². The summed E-state index contributed by atoms with van der Waals surface area (Å²) in [7, 11) is 0. The summed E-state index contributed by atoms with van der Waals surface area (Å²) in [5.41, 5.74) is 6.82. The van der Waals surface area contributed by atoms with E-state index >= 15 is 0 Å². The zero-order valence-corrected chi connectivity index (χ0v) is 9.54. The van der Waals surface area contributed by atoms with Crippen molar-refractivity contribution < 1.29 is 4.42 Å². The number of nitriles is 1. The quantitative estimate of drug-likeness (QED) is 0.805. The molecule has 3 nitrogen and oxygen atoms in total. The average Bonchev–Trinajstić information content (AvgIpc) is 2.67. The number of aryl methyl sites for hydroxylation is 1. The van der Waals surface area contributed by atoms with Crippen LogP contribution >= 0.6 is 11.8 Å². The van der Waals surface area contributed by atoms with Crippen LogP contribution in [0.4, 0.5) is 5.69 Å². The molecule has 0 radical (unpaired) electrons. The third-order valence-electron chi connectivity index (χ3n) is 2.16. The minimum atomic E-state index is 0.589. The zero-order chi connectivity index (χ0) is 11.5. The van der Waals surface area contributed by atoms with Crippen molar-refractivity contribution in [2.75, 3.05) is 5.73 Å². The second-order valence-corrected chi connectivity index (χ2v) is 4.39. The second kappa shape index (κ2) is 4.33. The predicted molar refractivity (Wildman–Crippen MR) is 63.1 cm³/mol. The van der Waals surface area contributed by atoms with Crippen molar-refractivity contribution in [2.45, 2.75) is 16.7 Å². The molecule has 16 heavy (non-hydrogen) atoms. The molecule has 0 atom stereocenters. The highest BCUT2D eigenvalue weighted by atomic mass is 32.2. The van der Waals surface area contributed by atoms with Crippen LogP contribution in [0.1, 0.15) is 11.3 Å². The third-order valence-corrected chi connectivity index (χ3v) is 3.37. The Hall–Kier alpha value is -1.86. The largest absolute Gasteiger partial charge is 0.468 e. The summed E-state index contributed by atoms with van der Waals surface area (Å²) in [4.78, 5) is 1.91. The summed E-state index contributed by atoms with van der Waals surface area (Å²) in [5.74, 6) is 0.853. The van der Waals surface area contributed by atoms with Crippen LogP contribution in [0.5, 0.6) is 0 Å². The Morgan fingerprint density at radius 3 is 2.75 bits per heavy atom. The number of hydrogen-bond acceptors (Lipinski definition) is 4. The van der Waals surface area contributed by atoms with Gasteiger partial charge in [0.1, 0.15) is 11.8 Å². The maximum absolute atomic E-state index is 9.00. The van der Waals surface area contributed by atoms with Gasteiger partial charge in [0.15, 0.2) is 0 Å². The van der Waals surface area contributed by atoms with Gasteiger partial charge in [-0.25, -0.2) is 0 Å². The minimum Gasteiger partial charge on any atom is -0.468 e. The van der Waals surface area contributed by atoms with E-state index in [2.05, 4.69) is 6.07 Å². The Labute approximate surface area is 97.9 Å². The summed E-state index contributed by atoms with van der Waals surface area (Å²) in [5, 5.41) is 9.00. The van der Waals surface area contributed by atoms with Gasteiger partial charge in [0.25, 0.3) is 0 Å². The van der Waals surface area contributed by atoms with Gasteiger partial charge in [-0.3, -0.25) is 0 Å². The molecule has 0 bridgehead atoms. The predicted octanol–water partition coefficient (Wildman–Crippen LogP) is 3.19. The third kappa shape index (κ3) is 2.05. The smallest absolute Gasteiger partial charge is 0.114 e. The molecule has 4 heteroatoms. The normalized spacial score (nSPS) is 10.0. The summed E-state index contributed by atoms with van der Waals surface area (Å²) in [6.07, 6.45) is 1.64. The molecule has 2 N–H and O–H groups in total. The van der Waals surface area contributed by atoms with E-state index in [1.807, 2.05) is 19.1 Å². The molecule has 0 saturated heterocycles.